The zero-order valence-corrected chi connectivity index (χ0v) is 46.2. The zero-order chi connectivity index (χ0) is 57.2. The van der Waals surface area contributed by atoms with Crippen LogP contribution in [-0.4, -0.2) is 114 Å². The molecule has 0 amide bonds. The predicted molar refractivity (Wildman–Crippen MR) is 284 cm³/mol. The number of hydrogen-bond acceptors (Lipinski definition) is 15. The molecule has 0 spiro atoms. The third kappa shape index (κ3) is 13.7. The molecule has 6 rings (SSSR count). The summed E-state index contributed by atoms with van der Waals surface area (Å²) in [5, 5.41) is 15.5. The van der Waals surface area contributed by atoms with Crippen molar-refractivity contribution >= 4 is 59.2 Å². The number of aryl methyl sites for hydroxylation is 2. The molecule has 0 aliphatic heterocycles. The van der Waals surface area contributed by atoms with Crippen LogP contribution >= 0.6 is 0 Å². The normalized spacial score (nSPS) is 14.1. The predicted octanol–water partition coefficient (Wildman–Crippen LogP) is 9.69. The third-order valence-corrected chi connectivity index (χ3v) is 17.6. The molecule has 0 fully saturated rings. The van der Waals surface area contributed by atoms with Crippen LogP contribution in [0.5, 0.6) is 17.2 Å². The second kappa shape index (κ2) is 23.4. The van der Waals surface area contributed by atoms with Gasteiger partial charge in [-0.15, -0.1) is 0 Å². The summed E-state index contributed by atoms with van der Waals surface area (Å²) in [4.78, 5) is 18.1. The SMILES string of the molecule is COc1cc2nc(C)nc(N[C@H](C)c3cccc(C(F)(F)C(C)(C)O)c3F)c2cc1OCCN(C)S(=O)(=O)C(C)CC[C@@H](Nc1nc(C)nc2ccc(OCCN(C)S(=O)(=O)C(C)C)cc12)c1cc(N)cc(C(F)(F)F)c1. The highest BCUT2D eigenvalue weighted by atomic mass is 32.2. The molecular weight excluding hydrogens is 1060 g/mol. The van der Waals surface area contributed by atoms with Gasteiger partial charge < -0.3 is 35.7 Å². The van der Waals surface area contributed by atoms with E-state index in [2.05, 4.69) is 30.6 Å². The Hall–Kier alpha value is -6.28. The van der Waals surface area contributed by atoms with Crippen molar-refractivity contribution in [1.82, 2.24) is 28.5 Å². The number of fused-ring (bicyclic) bond motifs is 2. The Bertz CT molecular complexity index is 3330. The lowest BCUT2D eigenvalue weighted by Gasteiger charge is -2.30. The monoisotopic (exact) mass is 1120 g/mol. The molecule has 77 heavy (non-hydrogen) atoms. The van der Waals surface area contributed by atoms with E-state index in [0.29, 0.717) is 39.2 Å². The van der Waals surface area contributed by atoms with E-state index in [1.54, 1.807) is 65.0 Å². The maximum atomic E-state index is 15.8. The molecule has 6 aromatic rings. The Morgan fingerprint density at radius 3 is 1.94 bits per heavy atom. The highest BCUT2D eigenvalue weighted by Crippen LogP contribution is 2.42. The lowest BCUT2D eigenvalue weighted by atomic mass is 9.91. The number of halogens is 6. The van der Waals surface area contributed by atoms with Gasteiger partial charge >= 0.3 is 12.1 Å². The maximum absolute atomic E-state index is 15.8. The third-order valence-electron chi connectivity index (χ3n) is 13.0. The van der Waals surface area contributed by atoms with Crippen molar-refractivity contribution in [2.75, 3.05) is 63.9 Å². The van der Waals surface area contributed by atoms with E-state index >= 15 is 13.2 Å². The average molecular weight is 1120 g/mol. The van der Waals surface area contributed by atoms with Crippen LogP contribution < -0.4 is 30.6 Å². The molecule has 0 aliphatic rings. The zero-order valence-electron chi connectivity index (χ0n) is 44.6. The van der Waals surface area contributed by atoms with Gasteiger partial charge in [-0.1, -0.05) is 12.1 Å². The Balaban J connectivity index is 1.20. The summed E-state index contributed by atoms with van der Waals surface area (Å²) in [6.45, 7) is 10.9. The van der Waals surface area contributed by atoms with Gasteiger partial charge in [-0.3, -0.25) is 0 Å². The number of nitrogens with two attached hydrogens (primary N) is 1. The number of nitrogens with one attached hydrogen (secondary N) is 2. The summed E-state index contributed by atoms with van der Waals surface area (Å²) in [7, 11) is -3.44. The van der Waals surface area contributed by atoms with Gasteiger partial charge in [0.25, 0.3) is 0 Å². The van der Waals surface area contributed by atoms with E-state index in [1.165, 1.54) is 50.6 Å². The minimum atomic E-state index is -4.76. The van der Waals surface area contributed by atoms with E-state index in [9.17, 15) is 35.1 Å². The first-order valence-corrected chi connectivity index (χ1v) is 27.5. The molecule has 2 aromatic heterocycles. The molecule has 17 nitrogen and oxygen atoms in total. The molecule has 0 bridgehead atoms. The molecule has 0 saturated carbocycles. The fraction of sp³-hybridized carbons (Fsp3) is 0.462. The van der Waals surface area contributed by atoms with Gasteiger partial charge in [0.1, 0.15) is 53.7 Å². The van der Waals surface area contributed by atoms with E-state index < -0.39 is 77.3 Å². The second-order valence-corrected chi connectivity index (χ2v) is 24.7. The lowest BCUT2D eigenvalue weighted by molar-refractivity contribution is -0.170. The van der Waals surface area contributed by atoms with Gasteiger partial charge in [-0.25, -0.2) is 49.8 Å². The molecule has 1 unspecified atom stereocenters. The Morgan fingerprint density at radius 1 is 0.727 bits per heavy atom. The van der Waals surface area contributed by atoms with E-state index in [4.69, 9.17) is 19.9 Å². The number of aliphatic hydroxyl groups is 1. The summed E-state index contributed by atoms with van der Waals surface area (Å²) in [5.41, 5.74) is 2.15. The Kier molecular flexibility index (Phi) is 18.2. The summed E-state index contributed by atoms with van der Waals surface area (Å²) in [5.74, 6) is -3.37. The number of nitrogen functional groups attached to an aromatic ring is 1. The number of aromatic nitrogens is 4. The van der Waals surface area contributed by atoms with Crippen LogP contribution in [0.2, 0.25) is 0 Å². The highest BCUT2D eigenvalue weighted by molar-refractivity contribution is 7.89. The molecule has 2 heterocycles. The largest absolute Gasteiger partial charge is 0.493 e. The fourth-order valence-electron chi connectivity index (χ4n) is 8.37. The maximum Gasteiger partial charge on any atom is 0.416 e. The molecular formula is C52H65F6N9O8S2. The molecule has 3 atom stereocenters. The van der Waals surface area contributed by atoms with Crippen molar-refractivity contribution in [2.45, 2.75) is 109 Å². The number of benzene rings is 4. The number of sulfonamides is 2. The van der Waals surface area contributed by atoms with Gasteiger partial charge in [0.05, 0.1) is 51.9 Å². The molecule has 0 aliphatic carbocycles. The van der Waals surface area contributed by atoms with Crippen molar-refractivity contribution in [2.24, 2.45) is 0 Å². The number of anilines is 3. The van der Waals surface area contributed by atoms with Crippen LogP contribution in [0.4, 0.5) is 43.7 Å². The summed E-state index contributed by atoms with van der Waals surface area (Å²) < 4.78 is 162. The van der Waals surface area contributed by atoms with Crippen LogP contribution in [0.15, 0.2) is 66.7 Å². The van der Waals surface area contributed by atoms with Crippen molar-refractivity contribution in [3.05, 3.63) is 106 Å². The number of ether oxygens (including phenoxy) is 3. The van der Waals surface area contributed by atoms with Gasteiger partial charge in [0, 0.05) is 55.3 Å². The standard InChI is InChI=1S/C52H65F6N9O8S2/c1-29(2)76(69,70)66(9)19-21-74-37-16-18-43-39(26-37)49(64-32(5)61-43)65-42(34-23-35(52(56,57)58)25-36(59)24-34)17-15-30(3)77(71,72)67(10)20-22-75-46-27-40-44(28-45(46)73-11)62-33(6)63-48(40)60-31(4)38-13-12-14-41(47(38)53)51(54,55)50(7,8)68/h12-14,16,18,23-31,42,68H,15,17,19-22,59H2,1-11H3,(H,60,62,63)(H,61,64,65)/t30?,31-,42-/m1/s1. The number of rotatable bonds is 24. The number of nitrogens with zero attached hydrogens (tertiary/aromatic N) is 6. The van der Waals surface area contributed by atoms with Crippen molar-refractivity contribution < 1.29 is 62.5 Å². The number of likely N-dealkylation sites (N-methyl/N-ethyl adjacent to an activating group) is 2. The van der Waals surface area contributed by atoms with Crippen molar-refractivity contribution in [3.8, 4) is 17.2 Å². The summed E-state index contributed by atoms with van der Waals surface area (Å²) in [6.07, 6.45) is -4.85. The van der Waals surface area contributed by atoms with E-state index in [-0.39, 0.29) is 79.1 Å². The first kappa shape index (κ1) is 60.0. The lowest BCUT2D eigenvalue weighted by Crippen LogP contribution is -2.41. The Morgan fingerprint density at radius 2 is 1.32 bits per heavy atom. The average Bonchev–Trinajstić information content (AvgIpc) is 3.34. The minimum absolute atomic E-state index is 0.00284. The molecule has 25 heteroatoms. The smallest absolute Gasteiger partial charge is 0.416 e. The second-order valence-electron chi connectivity index (χ2n) is 19.6. The molecule has 0 radical (unpaired) electrons. The van der Waals surface area contributed by atoms with Crippen LogP contribution in [-0.2, 0) is 32.1 Å². The molecule has 0 saturated heterocycles. The van der Waals surface area contributed by atoms with Gasteiger partial charge in [0.2, 0.25) is 20.0 Å². The molecule has 4 aromatic carbocycles. The molecule has 5 N–H and O–H groups in total. The minimum Gasteiger partial charge on any atom is -0.493 e. The van der Waals surface area contributed by atoms with E-state index in [0.717, 1.165) is 36.4 Å². The van der Waals surface area contributed by atoms with Crippen LogP contribution in [0.3, 0.4) is 0 Å². The number of hydrogen-bond donors (Lipinski definition) is 4. The van der Waals surface area contributed by atoms with Gasteiger partial charge in [-0.05, 0) is 122 Å². The van der Waals surface area contributed by atoms with Crippen molar-refractivity contribution in [1.29, 1.82) is 0 Å². The Labute approximate surface area is 444 Å². The summed E-state index contributed by atoms with van der Waals surface area (Å²) in [6, 6.07) is 12.8. The quantitative estimate of drug-likeness (QED) is 0.0327. The first-order valence-electron chi connectivity index (χ1n) is 24.5. The van der Waals surface area contributed by atoms with Gasteiger partial charge in [0.15, 0.2) is 11.5 Å². The number of alkyl halides is 5. The van der Waals surface area contributed by atoms with Crippen LogP contribution in [0, 0.1) is 19.7 Å². The van der Waals surface area contributed by atoms with Crippen LogP contribution in [0.25, 0.3) is 21.8 Å². The first-order chi connectivity index (χ1) is 35.8. The van der Waals surface area contributed by atoms with Crippen LogP contribution in [0.1, 0.15) is 100 Å². The van der Waals surface area contributed by atoms with Gasteiger partial charge in [-0.2, -0.15) is 22.0 Å². The van der Waals surface area contributed by atoms with E-state index in [1.807, 2.05) is 0 Å². The summed E-state index contributed by atoms with van der Waals surface area (Å²) >= 11 is 0. The number of methoxy groups -OCH3 is 1. The highest BCUT2D eigenvalue weighted by Gasteiger charge is 2.49. The molecule has 420 valence electrons. The topological polar surface area (TPSA) is 224 Å². The van der Waals surface area contributed by atoms with Crippen molar-refractivity contribution in [3.63, 3.8) is 0 Å². The fourth-order valence-corrected chi connectivity index (χ4v) is 10.8.